The summed E-state index contributed by atoms with van der Waals surface area (Å²) in [6.07, 6.45) is 3.29. The molecule has 1 unspecified atom stereocenters. The standard InChI is InChI=1S/C12H13N3OS/c1-9-10(13)4-2-5-11(9)17(16)8-12-14-6-3-7-15-12/h2-7H,8,13H2,1H3. The Morgan fingerprint density at radius 2 is 1.94 bits per heavy atom. The summed E-state index contributed by atoms with van der Waals surface area (Å²) in [5.41, 5.74) is 7.31. The molecule has 2 aromatic rings. The largest absolute Gasteiger partial charge is 0.398 e. The molecule has 0 fully saturated rings. The summed E-state index contributed by atoms with van der Waals surface area (Å²) in [4.78, 5) is 8.87. The molecule has 0 amide bonds. The molecule has 1 aromatic carbocycles. The van der Waals surface area contributed by atoms with Gasteiger partial charge < -0.3 is 5.73 Å². The van der Waals surface area contributed by atoms with E-state index in [0.717, 1.165) is 10.5 Å². The van der Waals surface area contributed by atoms with Crippen LogP contribution in [-0.2, 0) is 16.6 Å². The minimum atomic E-state index is -1.16. The average molecular weight is 247 g/mol. The first-order valence-electron chi connectivity index (χ1n) is 5.18. The van der Waals surface area contributed by atoms with Gasteiger partial charge in [0.2, 0.25) is 0 Å². The molecule has 2 rings (SSSR count). The minimum Gasteiger partial charge on any atom is -0.398 e. The number of aromatic nitrogens is 2. The van der Waals surface area contributed by atoms with Gasteiger partial charge in [-0.2, -0.15) is 0 Å². The fourth-order valence-corrected chi connectivity index (χ4v) is 2.71. The third kappa shape index (κ3) is 2.68. The molecule has 1 atom stereocenters. The topological polar surface area (TPSA) is 68.9 Å². The van der Waals surface area contributed by atoms with E-state index in [4.69, 9.17) is 5.73 Å². The number of rotatable bonds is 3. The lowest BCUT2D eigenvalue weighted by Gasteiger charge is -2.07. The Kier molecular flexibility index (Phi) is 3.49. The second-order valence-electron chi connectivity index (χ2n) is 3.63. The fraction of sp³-hybridized carbons (Fsp3) is 0.167. The number of hydrogen-bond acceptors (Lipinski definition) is 4. The van der Waals surface area contributed by atoms with E-state index in [-0.39, 0.29) is 0 Å². The van der Waals surface area contributed by atoms with Gasteiger partial charge in [0.05, 0.1) is 16.6 Å². The maximum absolute atomic E-state index is 12.2. The molecule has 0 aliphatic heterocycles. The molecule has 0 spiro atoms. The van der Waals surface area contributed by atoms with Crippen LogP contribution in [-0.4, -0.2) is 14.2 Å². The van der Waals surface area contributed by atoms with Crippen molar-refractivity contribution in [2.45, 2.75) is 17.6 Å². The molecule has 2 N–H and O–H groups in total. The molecule has 88 valence electrons. The van der Waals surface area contributed by atoms with Crippen molar-refractivity contribution in [1.82, 2.24) is 9.97 Å². The van der Waals surface area contributed by atoms with Crippen LogP contribution in [0.4, 0.5) is 5.69 Å². The monoisotopic (exact) mass is 247 g/mol. The zero-order valence-corrected chi connectivity index (χ0v) is 10.3. The van der Waals surface area contributed by atoms with Crippen LogP contribution >= 0.6 is 0 Å². The van der Waals surface area contributed by atoms with Crippen molar-refractivity contribution in [1.29, 1.82) is 0 Å². The molecule has 0 aliphatic carbocycles. The first-order chi connectivity index (χ1) is 8.18. The van der Waals surface area contributed by atoms with E-state index in [1.165, 1.54) is 0 Å². The minimum absolute atomic E-state index is 0.311. The first-order valence-corrected chi connectivity index (χ1v) is 6.49. The van der Waals surface area contributed by atoms with Crippen molar-refractivity contribution in [2.75, 3.05) is 5.73 Å². The predicted molar refractivity (Wildman–Crippen MR) is 67.7 cm³/mol. The zero-order chi connectivity index (χ0) is 12.3. The highest BCUT2D eigenvalue weighted by molar-refractivity contribution is 7.84. The number of benzene rings is 1. The van der Waals surface area contributed by atoms with Gasteiger partial charge in [-0.05, 0) is 30.7 Å². The third-order valence-electron chi connectivity index (χ3n) is 2.45. The lowest BCUT2D eigenvalue weighted by atomic mass is 10.2. The summed E-state index contributed by atoms with van der Waals surface area (Å²) >= 11 is 0. The Balaban J connectivity index is 2.24. The van der Waals surface area contributed by atoms with Gasteiger partial charge in [-0.3, -0.25) is 4.21 Å². The number of anilines is 1. The Bertz CT molecular complexity index is 543. The van der Waals surface area contributed by atoms with Gasteiger partial charge in [0, 0.05) is 23.0 Å². The van der Waals surface area contributed by atoms with Crippen LogP contribution in [0, 0.1) is 6.92 Å². The number of hydrogen-bond donors (Lipinski definition) is 1. The Labute approximate surface area is 102 Å². The summed E-state index contributed by atoms with van der Waals surface area (Å²) in [5, 5.41) is 0. The summed E-state index contributed by atoms with van der Waals surface area (Å²) in [6, 6.07) is 7.17. The fourth-order valence-electron chi connectivity index (χ4n) is 1.48. The lowest BCUT2D eigenvalue weighted by molar-refractivity contribution is 0.681. The van der Waals surface area contributed by atoms with Gasteiger partial charge in [0.15, 0.2) is 0 Å². The molecular weight excluding hydrogens is 234 g/mol. The summed E-state index contributed by atoms with van der Waals surface area (Å²) < 4.78 is 12.2. The van der Waals surface area contributed by atoms with Crippen LogP contribution < -0.4 is 5.73 Å². The van der Waals surface area contributed by atoms with Gasteiger partial charge in [-0.25, -0.2) is 9.97 Å². The van der Waals surface area contributed by atoms with E-state index in [1.807, 2.05) is 13.0 Å². The van der Waals surface area contributed by atoms with E-state index >= 15 is 0 Å². The van der Waals surface area contributed by atoms with Crippen LogP contribution in [0.25, 0.3) is 0 Å². The molecule has 17 heavy (non-hydrogen) atoms. The van der Waals surface area contributed by atoms with Gasteiger partial charge in [0.1, 0.15) is 5.82 Å². The van der Waals surface area contributed by atoms with Crippen molar-refractivity contribution in [3.8, 4) is 0 Å². The van der Waals surface area contributed by atoms with Crippen molar-refractivity contribution < 1.29 is 4.21 Å². The molecule has 0 radical (unpaired) electrons. The first kappa shape index (κ1) is 11.7. The van der Waals surface area contributed by atoms with Crippen molar-refractivity contribution >= 4 is 16.5 Å². The Morgan fingerprint density at radius 1 is 1.24 bits per heavy atom. The van der Waals surface area contributed by atoms with E-state index in [0.29, 0.717) is 17.3 Å². The molecule has 0 saturated heterocycles. The lowest BCUT2D eigenvalue weighted by Crippen LogP contribution is -2.03. The number of nitrogens with zero attached hydrogens (tertiary/aromatic N) is 2. The molecule has 4 nitrogen and oxygen atoms in total. The molecule has 1 heterocycles. The van der Waals surface area contributed by atoms with E-state index < -0.39 is 10.8 Å². The van der Waals surface area contributed by atoms with Gasteiger partial charge in [-0.15, -0.1) is 0 Å². The van der Waals surface area contributed by atoms with E-state index in [1.54, 1.807) is 30.6 Å². The number of nitrogens with two attached hydrogens (primary N) is 1. The van der Waals surface area contributed by atoms with Crippen molar-refractivity contribution in [3.63, 3.8) is 0 Å². The Morgan fingerprint density at radius 3 is 2.65 bits per heavy atom. The number of nitrogen functional groups attached to an aromatic ring is 1. The highest BCUT2D eigenvalue weighted by Crippen LogP contribution is 2.20. The summed E-state index contributed by atoms with van der Waals surface area (Å²) in [5.74, 6) is 0.887. The smallest absolute Gasteiger partial charge is 0.141 e. The highest BCUT2D eigenvalue weighted by Gasteiger charge is 2.10. The molecule has 1 aromatic heterocycles. The average Bonchev–Trinajstić information content (AvgIpc) is 2.34. The van der Waals surface area contributed by atoms with Crippen LogP contribution in [0.1, 0.15) is 11.4 Å². The third-order valence-corrected chi connectivity index (χ3v) is 3.90. The van der Waals surface area contributed by atoms with Crippen LogP contribution in [0.15, 0.2) is 41.6 Å². The second kappa shape index (κ2) is 5.05. The molecule has 0 bridgehead atoms. The zero-order valence-electron chi connectivity index (χ0n) is 9.46. The Hall–Kier alpha value is -1.75. The van der Waals surface area contributed by atoms with E-state index in [9.17, 15) is 4.21 Å². The quantitative estimate of drug-likeness (QED) is 0.838. The van der Waals surface area contributed by atoms with Gasteiger partial charge in [-0.1, -0.05) is 6.07 Å². The maximum Gasteiger partial charge on any atom is 0.141 e. The van der Waals surface area contributed by atoms with E-state index in [2.05, 4.69) is 9.97 Å². The van der Waals surface area contributed by atoms with Crippen molar-refractivity contribution in [3.05, 3.63) is 48.0 Å². The predicted octanol–water partition coefficient (Wildman–Crippen LogP) is 1.68. The molecular formula is C12H13N3OS. The van der Waals surface area contributed by atoms with Crippen LogP contribution in [0.2, 0.25) is 0 Å². The molecule has 0 saturated carbocycles. The van der Waals surface area contributed by atoms with Gasteiger partial charge in [0.25, 0.3) is 0 Å². The molecule has 5 heteroatoms. The van der Waals surface area contributed by atoms with Crippen LogP contribution in [0.3, 0.4) is 0 Å². The highest BCUT2D eigenvalue weighted by atomic mass is 32.2. The summed E-state index contributed by atoms with van der Waals surface area (Å²) in [7, 11) is -1.16. The maximum atomic E-state index is 12.2. The second-order valence-corrected chi connectivity index (χ2v) is 5.04. The molecule has 0 aliphatic rings. The van der Waals surface area contributed by atoms with Crippen molar-refractivity contribution in [2.24, 2.45) is 0 Å². The normalized spacial score (nSPS) is 12.3. The van der Waals surface area contributed by atoms with Gasteiger partial charge >= 0.3 is 0 Å². The van der Waals surface area contributed by atoms with Crippen LogP contribution in [0.5, 0.6) is 0 Å². The SMILES string of the molecule is Cc1c(N)cccc1S(=O)Cc1ncccn1. The summed E-state index contributed by atoms with van der Waals surface area (Å²) in [6.45, 7) is 1.87.